The maximum absolute atomic E-state index is 12.6. The number of fused-ring (bicyclic) bond motifs is 2. The van der Waals surface area contributed by atoms with E-state index in [0.717, 1.165) is 19.3 Å². The standard InChI is InChI=1S/C17H31NO2S2/c1-13-9-6-5-7-12-21-15-11-8-10-14(20-15)16(13)18-22(19)17(2,3)4/h6,9,13-16,18H,5,7-8,10-12H2,1-4H3/b9-6-/t13-,14-,15-,16-,22?/m1/s1. The highest BCUT2D eigenvalue weighted by molar-refractivity contribution is 7.99. The van der Waals surface area contributed by atoms with Crippen molar-refractivity contribution in [2.75, 3.05) is 5.75 Å². The van der Waals surface area contributed by atoms with E-state index in [1.54, 1.807) is 0 Å². The van der Waals surface area contributed by atoms with Crippen LogP contribution in [0.2, 0.25) is 0 Å². The highest BCUT2D eigenvalue weighted by Gasteiger charge is 2.37. The molecule has 0 aromatic rings. The Bertz CT molecular complexity index is 370. The summed E-state index contributed by atoms with van der Waals surface area (Å²) < 4.78 is 22.1. The molecular weight excluding hydrogens is 314 g/mol. The van der Waals surface area contributed by atoms with Gasteiger partial charge in [0.25, 0.3) is 0 Å². The van der Waals surface area contributed by atoms with Crippen LogP contribution in [-0.4, -0.2) is 32.6 Å². The molecule has 5 atom stereocenters. The lowest BCUT2D eigenvalue weighted by Gasteiger charge is -2.38. The lowest BCUT2D eigenvalue weighted by Crippen LogP contribution is -2.53. The minimum absolute atomic E-state index is 0.123. The van der Waals surface area contributed by atoms with Gasteiger partial charge in [0.1, 0.15) is 10.2 Å². The molecular formula is C17H31NO2S2. The Balaban J connectivity index is 2.13. The molecule has 2 heterocycles. The van der Waals surface area contributed by atoms with E-state index in [2.05, 4.69) is 23.8 Å². The highest BCUT2D eigenvalue weighted by Crippen LogP contribution is 2.32. The number of hydrogen-bond donors (Lipinski definition) is 1. The zero-order valence-electron chi connectivity index (χ0n) is 14.3. The molecule has 0 amide bonds. The molecule has 2 bridgehead atoms. The monoisotopic (exact) mass is 345 g/mol. The average molecular weight is 346 g/mol. The van der Waals surface area contributed by atoms with Gasteiger partial charge in [-0.1, -0.05) is 19.1 Å². The van der Waals surface area contributed by atoms with Crippen LogP contribution in [0.5, 0.6) is 0 Å². The minimum atomic E-state index is -1.06. The molecule has 1 saturated heterocycles. The summed E-state index contributed by atoms with van der Waals surface area (Å²) in [6, 6.07) is 0.123. The molecule has 1 N–H and O–H groups in total. The molecule has 1 fully saturated rings. The number of hydrogen-bond acceptors (Lipinski definition) is 4. The summed E-state index contributed by atoms with van der Waals surface area (Å²) in [5, 5.41) is 0. The van der Waals surface area contributed by atoms with Crippen LogP contribution in [0.1, 0.15) is 59.8 Å². The second-order valence-electron chi connectivity index (χ2n) is 7.36. The Morgan fingerprint density at radius 2 is 2.05 bits per heavy atom. The van der Waals surface area contributed by atoms with E-state index < -0.39 is 11.4 Å². The lowest BCUT2D eigenvalue weighted by molar-refractivity contribution is -0.0273. The van der Waals surface area contributed by atoms with Crippen LogP contribution in [0.25, 0.3) is 0 Å². The van der Waals surface area contributed by atoms with E-state index >= 15 is 0 Å². The summed E-state index contributed by atoms with van der Waals surface area (Å²) in [6.45, 7) is 8.26. The Labute approximate surface area is 143 Å². The first-order valence-corrected chi connectivity index (χ1v) is 10.7. The van der Waals surface area contributed by atoms with Crippen molar-refractivity contribution in [2.24, 2.45) is 5.92 Å². The van der Waals surface area contributed by atoms with Crippen LogP contribution >= 0.6 is 11.8 Å². The quantitative estimate of drug-likeness (QED) is 0.606. The minimum Gasteiger partial charge on any atom is -0.598 e. The Hall–Kier alpha value is 0.320. The van der Waals surface area contributed by atoms with Crippen molar-refractivity contribution in [3.8, 4) is 0 Å². The largest absolute Gasteiger partial charge is 0.598 e. The second kappa shape index (κ2) is 8.43. The molecule has 0 saturated carbocycles. The van der Waals surface area contributed by atoms with Crippen molar-refractivity contribution in [2.45, 2.75) is 82.1 Å². The Kier molecular flexibility index (Phi) is 7.15. The molecule has 2 aliphatic heterocycles. The summed E-state index contributed by atoms with van der Waals surface area (Å²) in [4.78, 5) is 0. The fraction of sp³-hybridized carbons (Fsp3) is 0.882. The van der Waals surface area contributed by atoms with Gasteiger partial charge in [0.15, 0.2) is 0 Å². The maximum atomic E-state index is 12.6. The average Bonchev–Trinajstić information content (AvgIpc) is 2.48. The van der Waals surface area contributed by atoms with E-state index in [9.17, 15) is 4.55 Å². The first-order valence-electron chi connectivity index (χ1n) is 8.49. The predicted molar refractivity (Wildman–Crippen MR) is 97.3 cm³/mol. The fourth-order valence-corrected chi connectivity index (χ4v) is 4.99. The zero-order valence-corrected chi connectivity index (χ0v) is 16.0. The normalized spacial score (nSPS) is 37.1. The van der Waals surface area contributed by atoms with Crippen molar-refractivity contribution in [3.05, 3.63) is 12.2 Å². The molecule has 0 aliphatic carbocycles. The van der Waals surface area contributed by atoms with Crippen LogP contribution < -0.4 is 4.72 Å². The smallest absolute Gasteiger partial charge is 0.136 e. The van der Waals surface area contributed by atoms with E-state index in [1.165, 1.54) is 18.6 Å². The van der Waals surface area contributed by atoms with Gasteiger partial charge in [-0.25, -0.2) is 0 Å². The molecule has 0 aromatic heterocycles. The SMILES string of the molecule is C[C@@H]1/C=C\CCCS[C@@H]2CCC[C@@H](O2)[C@@H]1N[S+]([O-])C(C)(C)C. The van der Waals surface area contributed by atoms with Crippen molar-refractivity contribution < 1.29 is 9.29 Å². The second-order valence-corrected chi connectivity index (χ2v) is 10.6. The molecule has 2 aliphatic rings. The van der Waals surface area contributed by atoms with Crippen molar-refractivity contribution in [3.63, 3.8) is 0 Å². The summed E-state index contributed by atoms with van der Waals surface area (Å²) in [6.07, 6.45) is 10.5. The summed E-state index contributed by atoms with van der Waals surface area (Å²) >= 11 is 0.889. The predicted octanol–water partition coefficient (Wildman–Crippen LogP) is 4.02. The van der Waals surface area contributed by atoms with Gasteiger partial charge >= 0.3 is 0 Å². The Morgan fingerprint density at radius 1 is 1.27 bits per heavy atom. The van der Waals surface area contributed by atoms with Crippen LogP contribution in [0, 0.1) is 5.92 Å². The number of rotatable bonds is 2. The van der Waals surface area contributed by atoms with Gasteiger partial charge in [-0.3, -0.25) is 0 Å². The van der Waals surface area contributed by atoms with Gasteiger partial charge in [0, 0.05) is 11.4 Å². The molecule has 22 heavy (non-hydrogen) atoms. The number of ether oxygens (including phenoxy) is 1. The van der Waals surface area contributed by atoms with E-state index in [1.807, 2.05) is 32.5 Å². The van der Waals surface area contributed by atoms with Crippen molar-refractivity contribution in [1.82, 2.24) is 4.72 Å². The van der Waals surface area contributed by atoms with Crippen molar-refractivity contribution in [1.29, 1.82) is 0 Å². The highest BCUT2D eigenvalue weighted by atomic mass is 32.2. The van der Waals surface area contributed by atoms with E-state index in [0.29, 0.717) is 11.4 Å². The summed E-state index contributed by atoms with van der Waals surface area (Å²) in [7, 11) is 0. The molecule has 5 heteroatoms. The van der Waals surface area contributed by atoms with E-state index in [-0.39, 0.29) is 16.9 Å². The molecule has 1 unspecified atom stereocenters. The molecule has 2 rings (SSSR count). The Morgan fingerprint density at radius 3 is 2.77 bits per heavy atom. The fourth-order valence-electron chi connectivity index (χ4n) is 2.87. The van der Waals surface area contributed by atoms with Gasteiger partial charge < -0.3 is 9.29 Å². The van der Waals surface area contributed by atoms with E-state index in [4.69, 9.17) is 4.74 Å². The third-order valence-corrected chi connectivity index (χ3v) is 7.12. The third-order valence-electron chi connectivity index (χ3n) is 4.28. The lowest BCUT2D eigenvalue weighted by atomic mass is 9.92. The zero-order chi connectivity index (χ0) is 16.2. The first-order chi connectivity index (χ1) is 10.4. The van der Waals surface area contributed by atoms with Gasteiger partial charge in [0.2, 0.25) is 0 Å². The first kappa shape index (κ1) is 18.7. The van der Waals surface area contributed by atoms with Crippen LogP contribution in [0.3, 0.4) is 0 Å². The molecule has 0 aromatic carbocycles. The van der Waals surface area contributed by atoms with Gasteiger partial charge in [-0.15, -0.1) is 16.5 Å². The van der Waals surface area contributed by atoms with Crippen LogP contribution in [0.4, 0.5) is 0 Å². The van der Waals surface area contributed by atoms with Gasteiger partial charge in [-0.2, -0.15) is 0 Å². The summed E-state index contributed by atoms with van der Waals surface area (Å²) in [5.41, 5.74) is 0.316. The topological polar surface area (TPSA) is 44.3 Å². The van der Waals surface area contributed by atoms with Gasteiger partial charge in [0.05, 0.1) is 12.1 Å². The number of allylic oxidation sites excluding steroid dienone is 1. The molecule has 128 valence electrons. The summed E-state index contributed by atoms with van der Waals surface area (Å²) in [5.74, 6) is 1.50. The van der Waals surface area contributed by atoms with Crippen LogP contribution in [-0.2, 0) is 16.1 Å². The third kappa shape index (κ3) is 5.45. The van der Waals surface area contributed by atoms with Gasteiger partial charge in [-0.05, 0) is 64.5 Å². The van der Waals surface area contributed by atoms with Crippen LogP contribution in [0.15, 0.2) is 12.2 Å². The molecule has 3 nitrogen and oxygen atoms in total. The molecule has 0 radical (unpaired) electrons. The number of nitrogens with one attached hydrogen (secondary N) is 1. The molecule has 0 spiro atoms. The number of thioether (sulfide) groups is 1. The van der Waals surface area contributed by atoms with Crippen molar-refractivity contribution >= 4 is 23.1 Å². The maximum Gasteiger partial charge on any atom is 0.136 e.